The number of aliphatic carboxylic acids is 1. The number of carboxylic acids is 1. The molecule has 0 amide bonds. The Morgan fingerprint density at radius 3 is 2.19 bits per heavy atom. The lowest BCUT2D eigenvalue weighted by atomic mass is 10.1. The van der Waals surface area contributed by atoms with Crippen LogP contribution < -0.4 is 0 Å². The molecule has 21 heavy (non-hydrogen) atoms. The maximum absolute atomic E-state index is 13.3. The molecular formula is C14H20FNO4S. The van der Waals surface area contributed by atoms with Crippen LogP contribution in [0.2, 0.25) is 0 Å². The number of sulfonamides is 1. The highest BCUT2D eigenvalue weighted by atomic mass is 32.2. The third-order valence-electron chi connectivity index (χ3n) is 3.27. The Bertz CT molecular complexity index is 619. The second-order valence-electron chi connectivity index (χ2n) is 5.06. The summed E-state index contributed by atoms with van der Waals surface area (Å²) in [4.78, 5) is 11.0. The molecular weight excluding hydrogens is 297 g/mol. The van der Waals surface area contributed by atoms with E-state index in [4.69, 9.17) is 5.11 Å². The van der Waals surface area contributed by atoms with Crippen molar-refractivity contribution in [3.05, 3.63) is 29.1 Å². The summed E-state index contributed by atoms with van der Waals surface area (Å²) >= 11 is 0. The maximum atomic E-state index is 13.3. The van der Waals surface area contributed by atoms with Gasteiger partial charge in [0.05, 0.1) is 10.8 Å². The Hall–Kier alpha value is -1.47. The zero-order valence-corrected chi connectivity index (χ0v) is 13.4. The first-order chi connectivity index (χ1) is 9.61. The van der Waals surface area contributed by atoms with Crippen LogP contribution in [-0.2, 0) is 14.8 Å². The summed E-state index contributed by atoms with van der Waals surface area (Å²) < 4.78 is 39.8. The predicted octanol–water partition coefficient (Wildman–Crippen LogP) is 2.17. The van der Waals surface area contributed by atoms with E-state index in [0.717, 1.165) is 16.4 Å². The summed E-state index contributed by atoms with van der Waals surface area (Å²) in [5.74, 6) is -2.37. The van der Waals surface area contributed by atoms with Crippen molar-refractivity contribution in [2.75, 3.05) is 13.1 Å². The van der Waals surface area contributed by atoms with Gasteiger partial charge in [0.2, 0.25) is 10.0 Å². The van der Waals surface area contributed by atoms with Crippen LogP contribution in [-0.4, -0.2) is 36.9 Å². The third-order valence-corrected chi connectivity index (χ3v) is 5.52. The summed E-state index contributed by atoms with van der Waals surface area (Å²) in [6.07, 6.45) is 0. The number of nitrogens with zero attached hydrogens (tertiary/aromatic N) is 1. The van der Waals surface area contributed by atoms with Crippen molar-refractivity contribution in [3.8, 4) is 0 Å². The number of carboxylic acid groups (broad SMARTS) is 1. The fourth-order valence-electron chi connectivity index (χ4n) is 2.21. The van der Waals surface area contributed by atoms with Crippen molar-refractivity contribution >= 4 is 16.0 Å². The number of aryl methyl sites for hydroxylation is 2. The molecule has 7 heteroatoms. The Morgan fingerprint density at radius 1 is 1.33 bits per heavy atom. The van der Waals surface area contributed by atoms with Crippen LogP contribution in [0.4, 0.5) is 4.39 Å². The number of hydrogen-bond donors (Lipinski definition) is 1. The van der Waals surface area contributed by atoms with E-state index >= 15 is 0 Å². The van der Waals surface area contributed by atoms with Gasteiger partial charge in [0, 0.05) is 13.1 Å². The molecule has 118 valence electrons. The molecule has 0 aromatic heterocycles. The monoisotopic (exact) mass is 317 g/mol. The van der Waals surface area contributed by atoms with Gasteiger partial charge < -0.3 is 5.11 Å². The van der Waals surface area contributed by atoms with Gasteiger partial charge in [0.1, 0.15) is 5.82 Å². The predicted molar refractivity (Wildman–Crippen MR) is 77.1 cm³/mol. The van der Waals surface area contributed by atoms with E-state index in [2.05, 4.69) is 0 Å². The van der Waals surface area contributed by atoms with E-state index < -0.39 is 27.7 Å². The fourth-order valence-corrected chi connectivity index (χ4v) is 4.16. The first-order valence-corrected chi connectivity index (χ1v) is 8.05. The minimum absolute atomic E-state index is 0.0448. The van der Waals surface area contributed by atoms with E-state index in [0.29, 0.717) is 11.1 Å². The average Bonchev–Trinajstić information content (AvgIpc) is 2.33. The van der Waals surface area contributed by atoms with Gasteiger partial charge in [-0.25, -0.2) is 12.8 Å². The van der Waals surface area contributed by atoms with Crippen LogP contribution in [0.1, 0.15) is 25.0 Å². The average molecular weight is 317 g/mol. The van der Waals surface area contributed by atoms with E-state index in [9.17, 15) is 17.6 Å². The van der Waals surface area contributed by atoms with Crippen molar-refractivity contribution in [2.45, 2.75) is 32.6 Å². The highest BCUT2D eigenvalue weighted by Gasteiger charge is 2.29. The highest BCUT2D eigenvalue weighted by molar-refractivity contribution is 7.89. The van der Waals surface area contributed by atoms with Gasteiger partial charge in [-0.2, -0.15) is 4.31 Å². The summed E-state index contributed by atoms with van der Waals surface area (Å²) in [5, 5.41) is 8.94. The second-order valence-corrected chi connectivity index (χ2v) is 6.94. The van der Waals surface area contributed by atoms with Crippen molar-refractivity contribution in [1.82, 2.24) is 4.31 Å². The lowest BCUT2D eigenvalue weighted by Crippen LogP contribution is -2.37. The lowest BCUT2D eigenvalue weighted by Gasteiger charge is -2.24. The standard InChI is InChI=1S/C14H20FNO4S/c1-5-16(8-11(4)14(17)18)21(19,20)13-9(2)6-12(15)7-10(13)3/h6-7,11H,5,8H2,1-4H3,(H,17,18). The third kappa shape index (κ3) is 3.79. The van der Waals surface area contributed by atoms with E-state index in [1.807, 2.05) is 0 Å². The molecule has 5 nitrogen and oxygen atoms in total. The van der Waals surface area contributed by atoms with Gasteiger partial charge in [-0.15, -0.1) is 0 Å². The topological polar surface area (TPSA) is 74.7 Å². The van der Waals surface area contributed by atoms with Crippen LogP contribution in [0.3, 0.4) is 0 Å². The van der Waals surface area contributed by atoms with Gasteiger partial charge in [0.15, 0.2) is 0 Å². The van der Waals surface area contributed by atoms with Gasteiger partial charge in [-0.3, -0.25) is 4.79 Å². The molecule has 0 aliphatic rings. The van der Waals surface area contributed by atoms with Gasteiger partial charge >= 0.3 is 5.97 Å². The van der Waals surface area contributed by atoms with Crippen LogP contribution in [0.5, 0.6) is 0 Å². The Labute approximate surface area is 124 Å². The summed E-state index contributed by atoms with van der Waals surface area (Å²) in [5.41, 5.74) is 0.628. The number of carbonyl (C=O) groups is 1. The summed E-state index contributed by atoms with van der Waals surface area (Å²) in [6, 6.07) is 2.32. The molecule has 0 aliphatic heterocycles. The second kappa shape index (κ2) is 6.53. The van der Waals surface area contributed by atoms with Crippen molar-refractivity contribution in [2.24, 2.45) is 5.92 Å². The van der Waals surface area contributed by atoms with E-state index in [-0.39, 0.29) is 18.0 Å². The zero-order chi connectivity index (χ0) is 16.4. The smallest absolute Gasteiger partial charge is 0.307 e. The minimum atomic E-state index is -3.85. The van der Waals surface area contributed by atoms with E-state index in [1.165, 1.54) is 20.8 Å². The molecule has 1 aromatic carbocycles. The Balaban J connectivity index is 3.29. The number of halogens is 1. The fraction of sp³-hybridized carbons (Fsp3) is 0.500. The SMILES string of the molecule is CCN(CC(C)C(=O)O)S(=O)(=O)c1c(C)cc(F)cc1C. The quantitative estimate of drug-likeness (QED) is 0.872. The van der Waals surface area contributed by atoms with Gasteiger partial charge in [0.25, 0.3) is 0 Å². The minimum Gasteiger partial charge on any atom is -0.481 e. The van der Waals surface area contributed by atoms with Crippen LogP contribution in [0, 0.1) is 25.6 Å². The maximum Gasteiger partial charge on any atom is 0.307 e. The number of hydrogen-bond acceptors (Lipinski definition) is 3. The summed E-state index contributed by atoms with van der Waals surface area (Å²) in [7, 11) is -3.85. The molecule has 1 rings (SSSR count). The molecule has 0 heterocycles. The molecule has 0 spiro atoms. The number of benzene rings is 1. The van der Waals surface area contributed by atoms with Crippen LogP contribution in [0.15, 0.2) is 17.0 Å². The molecule has 1 N–H and O–H groups in total. The molecule has 1 aromatic rings. The highest BCUT2D eigenvalue weighted by Crippen LogP contribution is 2.25. The molecule has 0 radical (unpaired) electrons. The molecule has 0 bridgehead atoms. The first kappa shape index (κ1) is 17.6. The van der Waals surface area contributed by atoms with Crippen molar-refractivity contribution in [3.63, 3.8) is 0 Å². The van der Waals surface area contributed by atoms with Crippen LogP contribution >= 0.6 is 0 Å². The Kier molecular flexibility index (Phi) is 5.47. The van der Waals surface area contributed by atoms with Gasteiger partial charge in [-0.1, -0.05) is 13.8 Å². The molecule has 0 saturated heterocycles. The summed E-state index contributed by atoms with van der Waals surface area (Å²) in [6.45, 7) is 6.17. The molecule has 0 saturated carbocycles. The Morgan fingerprint density at radius 2 is 1.81 bits per heavy atom. The van der Waals surface area contributed by atoms with Crippen LogP contribution in [0.25, 0.3) is 0 Å². The normalized spacial score (nSPS) is 13.4. The van der Waals surface area contributed by atoms with Crippen molar-refractivity contribution in [1.29, 1.82) is 0 Å². The molecule has 0 fully saturated rings. The zero-order valence-electron chi connectivity index (χ0n) is 12.6. The van der Waals surface area contributed by atoms with Crippen molar-refractivity contribution < 1.29 is 22.7 Å². The van der Waals surface area contributed by atoms with Gasteiger partial charge in [-0.05, 0) is 37.1 Å². The molecule has 1 unspecified atom stereocenters. The van der Waals surface area contributed by atoms with E-state index in [1.54, 1.807) is 6.92 Å². The lowest BCUT2D eigenvalue weighted by molar-refractivity contribution is -0.141. The molecule has 0 aliphatic carbocycles. The molecule has 1 atom stereocenters. The number of rotatable bonds is 6. The largest absolute Gasteiger partial charge is 0.481 e. The first-order valence-electron chi connectivity index (χ1n) is 6.61.